The molecule has 0 bridgehead atoms. The van der Waals surface area contributed by atoms with Crippen LogP contribution in [0.1, 0.15) is 46.5 Å². The molecule has 118 valence electrons. The minimum atomic E-state index is 0.489. The fourth-order valence-electron chi connectivity index (χ4n) is 3.06. The molecular formula is C17H29N3O. The minimum absolute atomic E-state index is 0.489. The molecule has 1 N–H and O–H groups in total. The molecule has 0 saturated carbocycles. The third kappa shape index (κ3) is 4.34. The van der Waals surface area contributed by atoms with Crippen molar-refractivity contribution in [3.63, 3.8) is 0 Å². The summed E-state index contributed by atoms with van der Waals surface area (Å²) in [5.41, 5.74) is 0. The summed E-state index contributed by atoms with van der Waals surface area (Å²) in [5.74, 6) is 1.78. The molecule has 0 radical (unpaired) electrons. The topological polar surface area (TPSA) is 37.4 Å². The molecule has 1 aromatic rings. The zero-order valence-electron chi connectivity index (χ0n) is 13.6. The Balaban J connectivity index is 2.12. The van der Waals surface area contributed by atoms with Crippen molar-refractivity contribution in [3.05, 3.63) is 18.2 Å². The first kappa shape index (κ1) is 16.1. The highest BCUT2D eigenvalue weighted by Gasteiger charge is 2.28. The van der Waals surface area contributed by atoms with Crippen molar-refractivity contribution in [2.24, 2.45) is 0 Å². The van der Waals surface area contributed by atoms with Crippen LogP contribution in [0.25, 0.3) is 0 Å². The molecule has 21 heavy (non-hydrogen) atoms. The van der Waals surface area contributed by atoms with Gasteiger partial charge >= 0.3 is 0 Å². The third-order valence-electron chi connectivity index (χ3n) is 4.14. The predicted octanol–water partition coefficient (Wildman–Crippen LogP) is 3.23. The summed E-state index contributed by atoms with van der Waals surface area (Å²) >= 11 is 0. The molecule has 0 spiro atoms. The lowest BCUT2D eigenvalue weighted by atomic mass is 9.96. The van der Waals surface area contributed by atoms with E-state index in [2.05, 4.69) is 35.1 Å². The SMILES string of the molecule is CCCNC(C)C1CCCCN1c1cccc(OCC)n1. The summed E-state index contributed by atoms with van der Waals surface area (Å²) in [7, 11) is 0. The van der Waals surface area contributed by atoms with Crippen LogP contribution < -0.4 is 15.0 Å². The van der Waals surface area contributed by atoms with Crippen LogP contribution in [0.15, 0.2) is 18.2 Å². The van der Waals surface area contributed by atoms with Crippen LogP contribution in [0.5, 0.6) is 5.88 Å². The maximum atomic E-state index is 5.54. The molecule has 2 heterocycles. The fraction of sp³-hybridized carbons (Fsp3) is 0.706. The van der Waals surface area contributed by atoms with E-state index in [1.54, 1.807) is 0 Å². The van der Waals surface area contributed by atoms with Crippen molar-refractivity contribution in [1.82, 2.24) is 10.3 Å². The number of aromatic nitrogens is 1. The van der Waals surface area contributed by atoms with Gasteiger partial charge in [0, 0.05) is 24.7 Å². The number of piperidine rings is 1. The summed E-state index contributed by atoms with van der Waals surface area (Å²) in [4.78, 5) is 7.13. The van der Waals surface area contributed by atoms with Gasteiger partial charge in [0.15, 0.2) is 0 Å². The molecule has 2 atom stereocenters. The van der Waals surface area contributed by atoms with Gasteiger partial charge in [0.1, 0.15) is 5.82 Å². The zero-order valence-corrected chi connectivity index (χ0v) is 13.6. The molecule has 0 aromatic carbocycles. The van der Waals surface area contributed by atoms with Crippen LogP contribution in [0.4, 0.5) is 5.82 Å². The van der Waals surface area contributed by atoms with E-state index in [1.165, 1.54) is 25.7 Å². The van der Waals surface area contributed by atoms with Gasteiger partial charge in [-0.25, -0.2) is 0 Å². The summed E-state index contributed by atoms with van der Waals surface area (Å²) in [6.45, 7) is 9.34. The van der Waals surface area contributed by atoms with Crippen molar-refractivity contribution in [1.29, 1.82) is 0 Å². The number of ether oxygens (including phenoxy) is 1. The lowest BCUT2D eigenvalue weighted by molar-refractivity contribution is 0.324. The van der Waals surface area contributed by atoms with Gasteiger partial charge in [0.25, 0.3) is 0 Å². The van der Waals surface area contributed by atoms with E-state index in [4.69, 9.17) is 4.74 Å². The Hall–Kier alpha value is -1.29. The largest absolute Gasteiger partial charge is 0.478 e. The van der Waals surface area contributed by atoms with Crippen LogP contribution in [0, 0.1) is 0 Å². The lowest BCUT2D eigenvalue weighted by Gasteiger charge is -2.40. The van der Waals surface area contributed by atoms with E-state index in [1.807, 2.05) is 19.1 Å². The van der Waals surface area contributed by atoms with Crippen LogP contribution in [0.3, 0.4) is 0 Å². The zero-order chi connectivity index (χ0) is 15.1. The second-order valence-corrected chi connectivity index (χ2v) is 5.77. The molecule has 2 rings (SSSR count). The van der Waals surface area contributed by atoms with Gasteiger partial charge in [-0.2, -0.15) is 4.98 Å². The standard InChI is InChI=1S/C17H29N3O/c1-4-12-18-14(3)15-9-6-7-13-20(15)16-10-8-11-17(19-16)21-5-2/h8,10-11,14-15,18H,4-7,9,12-13H2,1-3H3. The molecule has 0 aliphatic carbocycles. The van der Waals surface area contributed by atoms with E-state index in [9.17, 15) is 0 Å². The first-order chi connectivity index (χ1) is 10.3. The number of hydrogen-bond donors (Lipinski definition) is 1. The molecule has 1 saturated heterocycles. The van der Waals surface area contributed by atoms with Crippen LogP contribution >= 0.6 is 0 Å². The molecule has 1 fully saturated rings. The number of nitrogens with zero attached hydrogens (tertiary/aromatic N) is 2. The van der Waals surface area contributed by atoms with Crippen LogP contribution in [-0.4, -0.2) is 36.8 Å². The minimum Gasteiger partial charge on any atom is -0.478 e. The van der Waals surface area contributed by atoms with E-state index in [0.29, 0.717) is 18.7 Å². The summed E-state index contributed by atoms with van der Waals surface area (Å²) in [6.07, 6.45) is 4.97. The Kier molecular flexibility index (Phi) is 6.30. The maximum Gasteiger partial charge on any atom is 0.215 e. The van der Waals surface area contributed by atoms with E-state index in [-0.39, 0.29) is 0 Å². The Labute approximate surface area is 128 Å². The van der Waals surface area contributed by atoms with Crippen molar-refractivity contribution in [2.75, 3.05) is 24.6 Å². The van der Waals surface area contributed by atoms with Crippen LogP contribution in [-0.2, 0) is 0 Å². The Bertz CT molecular complexity index is 424. The fourth-order valence-corrected chi connectivity index (χ4v) is 3.06. The van der Waals surface area contributed by atoms with Crippen molar-refractivity contribution in [2.45, 2.75) is 58.5 Å². The van der Waals surface area contributed by atoms with E-state index < -0.39 is 0 Å². The number of hydrogen-bond acceptors (Lipinski definition) is 4. The molecule has 2 unspecified atom stereocenters. The van der Waals surface area contributed by atoms with Gasteiger partial charge < -0.3 is 15.0 Å². The molecule has 4 nitrogen and oxygen atoms in total. The molecule has 0 amide bonds. The van der Waals surface area contributed by atoms with Gasteiger partial charge in [0.05, 0.1) is 6.61 Å². The summed E-state index contributed by atoms with van der Waals surface area (Å²) in [6, 6.07) is 7.10. The van der Waals surface area contributed by atoms with Gasteiger partial charge in [-0.1, -0.05) is 13.0 Å². The summed E-state index contributed by atoms with van der Waals surface area (Å²) in [5, 5.41) is 3.64. The molecule has 4 heteroatoms. The lowest BCUT2D eigenvalue weighted by Crippen LogP contribution is -2.51. The second kappa shape index (κ2) is 8.23. The van der Waals surface area contributed by atoms with E-state index >= 15 is 0 Å². The van der Waals surface area contributed by atoms with Crippen molar-refractivity contribution < 1.29 is 4.74 Å². The highest BCUT2D eigenvalue weighted by Crippen LogP contribution is 2.26. The molecule has 1 aliphatic heterocycles. The van der Waals surface area contributed by atoms with Gasteiger partial charge in [-0.3, -0.25) is 0 Å². The second-order valence-electron chi connectivity index (χ2n) is 5.77. The Morgan fingerprint density at radius 2 is 2.24 bits per heavy atom. The average molecular weight is 291 g/mol. The third-order valence-corrected chi connectivity index (χ3v) is 4.14. The molecular weight excluding hydrogens is 262 g/mol. The summed E-state index contributed by atoms with van der Waals surface area (Å²) < 4.78 is 5.54. The normalized spacial score (nSPS) is 20.3. The van der Waals surface area contributed by atoms with Crippen molar-refractivity contribution in [3.8, 4) is 5.88 Å². The van der Waals surface area contributed by atoms with Gasteiger partial charge in [-0.15, -0.1) is 0 Å². The monoisotopic (exact) mass is 291 g/mol. The van der Waals surface area contributed by atoms with E-state index in [0.717, 1.165) is 24.8 Å². The predicted molar refractivity (Wildman–Crippen MR) is 88.1 cm³/mol. The molecule has 1 aliphatic rings. The highest BCUT2D eigenvalue weighted by molar-refractivity contribution is 5.43. The number of anilines is 1. The maximum absolute atomic E-state index is 5.54. The first-order valence-electron chi connectivity index (χ1n) is 8.36. The number of nitrogens with one attached hydrogen (secondary N) is 1. The highest BCUT2D eigenvalue weighted by atomic mass is 16.5. The van der Waals surface area contributed by atoms with Crippen molar-refractivity contribution >= 4 is 5.82 Å². The number of rotatable bonds is 7. The Morgan fingerprint density at radius 3 is 3.00 bits per heavy atom. The van der Waals surface area contributed by atoms with Gasteiger partial charge in [-0.05, 0) is 52.1 Å². The average Bonchev–Trinajstić information content (AvgIpc) is 2.53. The molecule has 1 aromatic heterocycles. The number of pyridine rings is 1. The first-order valence-corrected chi connectivity index (χ1v) is 8.36. The Morgan fingerprint density at radius 1 is 1.38 bits per heavy atom. The smallest absolute Gasteiger partial charge is 0.215 e. The van der Waals surface area contributed by atoms with Gasteiger partial charge in [0.2, 0.25) is 5.88 Å². The van der Waals surface area contributed by atoms with Crippen LogP contribution in [0.2, 0.25) is 0 Å². The quantitative estimate of drug-likeness (QED) is 0.837.